The summed E-state index contributed by atoms with van der Waals surface area (Å²) < 4.78 is 84.1. The van der Waals surface area contributed by atoms with Gasteiger partial charge in [-0.1, -0.05) is 48.5 Å². The highest BCUT2D eigenvalue weighted by atomic mass is 19.4. The van der Waals surface area contributed by atoms with E-state index in [0.717, 1.165) is 22.3 Å². The van der Waals surface area contributed by atoms with Crippen molar-refractivity contribution in [2.45, 2.75) is 24.7 Å². The molecule has 0 aliphatic heterocycles. The highest BCUT2D eigenvalue weighted by Gasteiger charge is 2.37. The Morgan fingerprint density at radius 3 is 1.82 bits per heavy atom. The van der Waals surface area contributed by atoms with Crippen LogP contribution < -0.4 is 5.32 Å². The van der Waals surface area contributed by atoms with Crippen molar-refractivity contribution in [1.29, 1.82) is 0 Å². The number of carbonyl (C=O) groups is 2. The van der Waals surface area contributed by atoms with Gasteiger partial charge in [0, 0.05) is 12.5 Å². The van der Waals surface area contributed by atoms with Crippen LogP contribution in [0.15, 0.2) is 66.7 Å². The smallest absolute Gasteiger partial charge is 0.416 e. The molecule has 0 heterocycles. The van der Waals surface area contributed by atoms with Crippen LogP contribution >= 0.6 is 0 Å². The minimum absolute atomic E-state index is 0.0335. The van der Waals surface area contributed by atoms with E-state index in [4.69, 9.17) is 4.74 Å². The molecule has 38 heavy (non-hydrogen) atoms. The number of alkyl carbamates (subject to hydrolysis) is 1. The van der Waals surface area contributed by atoms with Crippen LogP contribution in [0.2, 0.25) is 0 Å². The van der Waals surface area contributed by atoms with Crippen molar-refractivity contribution in [2.75, 3.05) is 13.2 Å². The molecule has 0 bridgehead atoms. The summed E-state index contributed by atoms with van der Waals surface area (Å²) in [7, 11) is 0. The number of hydrogen-bond donors (Lipinski definition) is 2. The zero-order chi connectivity index (χ0) is 27.7. The zero-order valence-electron chi connectivity index (χ0n) is 19.6. The first-order valence-electron chi connectivity index (χ1n) is 11.4. The summed E-state index contributed by atoms with van der Waals surface area (Å²) in [5, 5.41) is 11.7. The van der Waals surface area contributed by atoms with Gasteiger partial charge in [-0.15, -0.1) is 0 Å². The fourth-order valence-electron chi connectivity index (χ4n) is 4.52. The second-order valence-corrected chi connectivity index (χ2v) is 8.86. The van der Waals surface area contributed by atoms with Crippen LogP contribution in [0, 0.1) is 5.92 Å². The van der Waals surface area contributed by atoms with E-state index in [1.807, 2.05) is 48.5 Å². The quantitative estimate of drug-likeness (QED) is 0.337. The maximum absolute atomic E-state index is 13.1. The monoisotopic (exact) mass is 537 g/mol. The molecule has 0 unspecified atom stereocenters. The number of halogens is 6. The fourth-order valence-corrected chi connectivity index (χ4v) is 4.52. The normalized spacial score (nSPS) is 13.9. The molecule has 3 aromatic carbocycles. The Kier molecular flexibility index (Phi) is 7.39. The van der Waals surface area contributed by atoms with E-state index in [0.29, 0.717) is 12.1 Å². The SMILES string of the molecule is O=C(NC[C@@H](Cc1cc(C(F)(F)F)cc(C(F)(F)F)c1)C(=O)O)OCC1c2ccccc2-c2ccccc21. The van der Waals surface area contributed by atoms with E-state index >= 15 is 0 Å². The third-order valence-corrected chi connectivity index (χ3v) is 6.32. The van der Waals surface area contributed by atoms with Crippen molar-refractivity contribution in [3.8, 4) is 11.1 Å². The van der Waals surface area contributed by atoms with E-state index in [9.17, 15) is 41.0 Å². The number of aliphatic carboxylic acids is 1. The average Bonchev–Trinajstić information content (AvgIpc) is 3.17. The molecule has 11 heteroatoms. The molecular weight excluding hydrogens is 516 g/mol. The zero-order valence-corrected chi connectivity index (χ0v) is 19.6. The molecule has 0 aromatic heterocycles. The molecule has 0 saturated carbocycles. The second kappa shape index (κ2) is 10.4. The van der Waals surface area contributed by atoms with Crippen molar-refractivity contribution in [2.24, 2.45) is 5.92 Å². The van der Waals surface area contributed by atoms with E-state index < -0.39 is 60.0 Å². The Morgan fingerprint density at radius 1 is 0.842 bits per heavy atom. The molecule has 3 aromatic rings. The van der Waals surface area contributed by atoms with Gasteiger partial charge in [-0.3, -0.25) is 4.79 Å². The van der Waals surface area contributed by atoms with Crippen LogP contribution in [0.5, 0.6) is 0 Å². The number of ether oxygens (including phenoxy) is 1. The van der Waals surface area contributed by atoms with Gasteiger partial charge in [0.25, 0.3) is 0 Å². The van der Waals surface area contributed by atoms with Gasteiger partial charge in [0.2, 0.25) is 0 Å². The number of benzene rings is 3. The summed E-state index contributed by atoms with van der Waals surface area (Å²) in [5.74, 6) is -3.26. The molecule has 0 saturated heterocycles. The fraction of sp³-hybridized carbons (Fsp3) is 0.259. The van der Waals surface area contributed by atoms with Gasteiger partial charge in [0.1, 0.15) is 6.61 Å². The Morgan fingerprint density at radius 2 is 1.34 bits per heavy atom. The molecule has 4 rings (SSSR count). The van der Waals surface area contributed by atoms with Crippen molar-refractivity contribution in [3.63, 3.8) is 0 Å². The number of carbonyl (C=O) groups excluding carboxylic acids is 1. The molecule has 1 atom stereocenters. The number of alkyl halides is 6. The van der Waals surface area contributed by atoms with Crippen LogP contribution in [-0.4, -0.2) is 30.3 Å². The molecular formula is C27H21F6NO4. The number of amides is 1. The number of rotatable bonds is 7. The molecule has 5 nitrogen and oxygen atoms in total. The Balaban J connectivity index is 1.42. The maximum atomic E-state index is 13.1. The number of fused-ring (bicyclic) bond motifs is 3. The minimum Gasteiger partial charge on any atom is -0.481 e. The van der Waals surface area contributed by atoms with Crippen molar-refractivity contribution in [3.05, 3.63) is 94.5 Å². The van der Waals surface area contributed by atoms with Crippen LogP contribution in [0.4, 0.5) is 31.1 Å². The lowest BCUT2D eigenvalue weighted by Gasteiger charge is -2.18. The molecule has 0 radical (unpaired) electrons. The van der Waals surface area contributed by atoms with Gasteiger partial charge in [0.05, 0.1) is 17.0 Å². The molecule has 1 amide bonds. The number of nitrogens with one attached hydrogen (secondary N) is 1. The van der Waals surface area contributed by atoms with Gasteiger partial charge in [-0.05, 0) is 52.4 Å². The summed E-state index contributed by atoms with van der Waals surface area (Å²) in [6.07, 6.45) is -11.8. The number of carboxylic acids is 1. The maximum Gasteiger partial charge on any atom is 0.416 e. The summed E-state index contributed by atoms with van der Waals surface area (Å²) in [6, 6.07) is 16.1. The first-order chi connectivity index (χ1) is 17.8. The average molecular weight is 537 g/mol. The van der Waals surface area contributed by atoms with Crippen molar-refractivity contribution >= 4 is 12.1 Å². The molecule has 0 fully saturated rings. The van der Waals surface area contributed by atoms with Crippen LogP contribution in [0.3, 0.4) is 0 Å². The Hall–Kier alpha value is -4.02. The van der Waals surface area contributed by atoms with Crippen molar-refractivity contribution in [1.82, 2.24) is 5.32 Å². The third-order valence-electron chi connectivity index (χ3n) is 6.32. The first kappa shape index (κ1) is 27.0. The van der Waals surface area contributed by atoms with Gasteiger partial charge < -0.3 is 15.2 Å². The van der Waals surface area contributed by atoms with Gasteiger partial charge in [0.15, 0.2) is 0 Å². The Labute approximate surface area is 213 Å². The summed E-state index contributed by atoms with van der Waals surface area (Å²) in [5.41, 5.74) is 0.343. The van der Waals surface area contributed by atoms with E-state index in [2.05, 4.69) is 5.32 Å². The molecule has 1 aliphatic rings. The van der Waals surface area contributed by atoms with Crippen molar-refractivity contribution < 1.29 is 45.8 Å². The third kappa shape index (κ3) is 5.92. The minimum atomic E-state index is -5.06. The number of carboxylic acid groups (broad SMARTS) is 1. The molecule has 200 valence electrons. The highest BCUT2D eigenvalue weighted by Crippen LogP contribution is 2.44. The predicted molar refractivity (Wildman–Crippen MR) is 124 cm³/mol. The Bertz CT molecular complexity index is 1270. The lowest BCUT2D eigenvalue weighted by atomic mass is 9.95. The summed E-state index contributed by atoms with van der Waals surface area (Å²) in [6.45, 7) is -0.621. The molecule has 2 N–H and O–H groups in total. The highest BCUT2D eigenvalue weighted by molar-refractivity contribution is 5.79. The van der Waals surface area contributed by atoms with Crippen LogP contribution in [0.1, 0.15) is 33.7 Å². The molecule has 0 spiro atoms. The number of hydrogen-bond acceptors (Lipinski definition) is 3. The molecule has 1 aliphatic carbocycles. The van der Waals surface area contributed by atoms with E-state index in [1.54, 1.807) is 0 Å². The van der Waals surface area contributed by atoms with Crippen LogP contribution in [0.25, 0.3) is 11.1 Å². The first-order valence-corrected chi connectivity index (χ1v) is 11.4. The second-order valence-electron chi connectivity index (χ2n) is 8.86. The van der Waals surface area contributed by atoms with E-state index in [-0.39, 0.29) is 18.6 Å². The predicted octanol–water partition coefficient (Wildman–Crippen LogP) is 6.51. The largest absolute Gasteiger partial charge is 0.481 e. The standard InChI is InChI=1S/C27H21F6NO4/c28-26(29,30)17-10-15(11-18(12-17)27(31,32)33)9-16(24(35)36)13-34-25(37)38-14-23-21-7-3-1-5-19(21)20-6-2-4-8-22(20)23/h1-8,10-12,16,23H,9,13-14H2,(H,34,37)(H,35,36)/t16-/m1/s1. The van der Waals surface area contributed by atoms with Gasteiger partial charge in [-0.2, -0.15) is 26.3 Å². The summed E-state index contributed by atoms with van der Waals surface area (Å²) >= 11 is 0. The van der Waals surface area contributed by atoms with Crippen LogP contribution in [-0.2, 0) is 28.3 Å². The van der Waals surface area contributed by atoms with Gasteiger partial charge in [-0.25, -0.2) is 4.79 Å². The summed E-state index contributed by atoms with van der Waals surface area (Å²) in [4.78, 5) is 24.0. The topological polar surface area (TPSA) is 75.6 Å². The van der Waals surface area contributed by atoms with Gasteiger partial charge >= 0.3 is 24.4 Å². The lowest BCUT2D eigenvalue weighted by molar-refractivity contribution is -0.143. The van der Waals surface area contributed by atoms with E-state index in [1.165, 1.54) is 0 Å². The lowest BCUT2D eigenvalue weighted by Crippen LogP contribution is -2.35.